The highest BCUT2D eigenvalue weighted by Crippen LogP contribution is 2.24. The van der Waals surface area contributed by atoms with Crippen molar-refractivity contribution in [1.29, 1.82) is 0 Å². The Labute approximate surface area is 74.5 Å². The minimum atomic E-state index is -0.384. The van der Waals surface area contributed by atoms with Crippen molar-refractivity contribution < 1.29 is 9.18 Å². The maximum Gasteiger partial charge on any atom is 0.264 e. The zero-order chi connectivity index (χ0) is 8.72. The van der Waals surface area contributed by atoms with Gasteiger partial charge in [0.1, 0.15) is 5.82 Å². The van der Waals surface area contributed by atoms with Crippen LogP contribution in [0, 0.1) is 5.82 Å². The summed E-state index contributed by atoms with van der Waals surface area (Å²) in [4.78, 5) is 11.2. The van der Waals surface area contributed by atoms with Gasteiger partial charge in [0.15, 0.2) is 0 Å². The molecule has 0 radical (unpaired) electrons. The largest absolute Gasteiger partial charge is 0.281 e. The first-order chi connectivity index (χ1) is 5.68. The van der Waals surface area contributed by atoms with E-state index in [9.17, 15) is 9.18 Å². The first-order valence-corrected chi connectivity index (χ1v) is 3.87. The number of rotatable bonds is 0. The van der Waals surface area contributed by atoms with Crippen LogP contribution in [-0.4, -0.2) is 10.2 Å². The molecule has 0 aliphatic carbocycles. The molecule has 2 nitrogen and oxygen atoms in total. The molecule has 4 heteroatoms. The molecule has 1 aromatic rings. The lowest BCUT2D eigenvalue weighted by atomic mass is 10.1. The maximum absolute atomic E-state index is 12.7. The van der Waals surface area contributed by atoms with Crippen molar-refractivity contribution in [3.05, 3.63) is 35.1 Å². The van der Waals surface area contributed by atoms with Crippen LogP contribution in [0.25, 0.3) is 0 Å². The Hall–Kier alpha value is -1.03. The fourth-order valence-corrected chi connectivity index (χ4v) is 1.52. The molecular formula is C8H6FNOS. The van der Waals surface area contributed by atoms with E-state index in [4.69, 9.17) is 0 Å². The average molecular weight is 183 g/mol. The van der Waals surface area contributed by atoms with Crippen LogP contribution in [0.1, 0.15) is 15.9 Å². The van der Waals surface area contributed by atoms with Gasteiger partial charge in [-0.1, -0.05) is 18.9 Å². The van der Waals surface area contributed by atoms with Crippen LogP contribution in [0.4, 0.5) is 4.39 Å². The third-order valence-electron chi connectivity index (χ3n) is 1.86. The topological polar surface area (TPSA) is 20.3 Å². The number of carbonyl (C=O) groups excluding carboxylic acids is 1. The molecule has 0 aromatic heterocycles. The summed E-state index contributed by atoms with van der Waals surface area (Å²) in [6, 6.07) is 4.20. The van der Waals surface area contributed by atoms with E-state index in [1.807, 2.05) is 0 Å². The quantitative estimate of drug-likeness (QED) is 0.606. The molecule has 62 valence electrons. The number of benzene rings is 1. The van der Waals surface area contributed by atoms with Gasteiger partial charge in [-0.05, 0) is 17.7 Å². The molecule has 0 N–H and O–H groups in total. The van der Waals surface area contributed by atoms with Gasteiger partial charge in [0, 0.05) is 5.56 Å². The van der Waals surface area contributed by atoms with Crippen LogP contribution in [0.2, 0.25) is 0 Å². The second-order valence-electron chi connectivity index (χ2n) is 2.66. The van der Waals surface area contributed by atoms with Crippen LogP contribution in [-0.2, 0) is 6.54 Å². The molecule has 0 atom stereocenters. The van der Waals surface area contributed by atoms with Crippen LogP contribution in [0.5, 0.6) is 0 Å². The van der Waals surface area contributed by atoms with E-state index in [-0.39, 0.29) is 11.7 Å². The lowest BCUT2D eigenvalue weighted by Gasteiger charge is -2.02. The predicted octanol–water partition coefficient (Wildman–Crippen LogP) is 1.63. The lowest BCUT2D eigenvalue weighted by Crippen LogP contribution is -2.11. The normalized spacial score (nSPS) is 15.2. The second-order valence-corrected chi connectivity index (χ2v) is 3.15. The van der Waals surface area contributed by atoms with Gasteiger partial charge < -0.3 is 0 Å². The summed E-state index contributed by atoms with van der Waals surface area (Å²) in [6.07, 6.45) is 0. The molecule has 1 aromatic carbocycles. The fourth-order valence-electron chi connectivity index (χ4n) is 1.26. The van der Waals surface area contributed by atoms with E-state index in [2.05, 4.69) is 12.8 Å². The Kier molecular flexibility index (Phi) is 1.58. The molecule has 2 rings (SSSR count). The van der Waals surface area contributed by atoms with Gasteiger partial charge in [0.2, 0.25) is 0 Å². The molecule has 1 aliphatic heterocycles. The van der Waals surface area contributed by atoms with Gasteiger partial charge in [-0.2, -0.15) is 0 Å². The van der Waals surface area contributed by atoms with Crippen molar-refractivity contribution in [2.75, 3.05) is 0 Å². The number of hydrogen-bond acceptors (Lipinski definition) is 2. The number of fused-ring (bicyclic) bond motifs is 1. The summed E-state index contributed by atoms with van der Waals surface area (Å²) in [6.45, 7) is 0.456. The van der Waals surface area contributed by atoms with E-state index in [0.29, 0.717) is 12.1 Å². The van der Waals surface area contributed by atoms with Crippen molar-refractivity contribution in [1.82, 2.24) is 4.31 Å². The molecule has 12 heavy (non-hydrogen) atoms. The summed E-state index contributed by atoms with van der Waals surface area (Å²) in [5, 5.41) is 0. The third-order valence-corrected chi connectivity index (χ3v) is 2.18. The fraction of sp³-hybridized carbons (Fsp3) is 0.125. The van der Waals surface area contributed by atoms with Crippen molar-refractivity contribution in [2.45, 2.75) is 6.54 Å². The van der Waals surface area contributed by atoms with Crippen molar-refractivity contribution >= 4 is 18.7 Å². The second kappa shape index (κ2) is 2.48. The van der Waals surface area contributed by atoms with E-state index >= 15 is 0 Å². The highest BCUT2D eigenvalue weighted by atomic mass is 32.1. The molecule has 1 amide bonds. The number of hydrogen-bond donors (Lipinski definition) is 1. The summed E-state index contributed by atoms with van der Waals surface area (Å²) in [5.41, 5.74) is 1.25. The molecule has 0 saturated heterocycles. The zero-order valence-corrected chi connectivity index (χ0v) is 7.01. The van der Waals surface area contributed by atoms with E-state index < -0.39 is 0 Å². The Morgan fingerprint density at radius 1 is 1.50 bits per heavy atom. The van der Waals surface area contributed by atoms with Gasteiger partial charge >= 0.3 is 0 Å². The molecule has 1 heterocycles. The highest BCUT2D eigenvalue weighted by Gasteiger charge is 2.25. The summed E-state index contributed by atoms with van der Waals surface area (Å²) < 4.78 is 13.9. The number of amides is 1. The molecule has 0 saturated carbocycles. The number of thiol groups is 1. The van der Waals surface area contributed by atoms with Gasteiger partial charge in [-0.3, -0.25) is 9.10 Å². The Bertz CT molecular complexity index is 353. The zero-order valence-electron chi connectivity index (χ0n) is 6.12. The molecule has 1 aliphatic rings. The van der Waals surface area contributed by atoms with Gasteiger partial charge in [-0.25, -0.2) is 4.39 Å². The lowest BCUT2D eigenvalue weighted by molar-refractivity contribution is 0.0891. The molecule has 0 bridgehead atoms. The molecule has 0 spiro atoms. The van der Waals surface area contributed by atoms with Gasteiger partial charge in [0.25, 0.3) is 5.91 Å². The molecular weight excluding hydrogens is 177 g/mol. The van der Waals surface area contributed by atoms with Gasteiger partial charge in [0.05, 0.1) is 6.54 Å². The first-order valence-electron chi connectivity index (χ1n) is 3.47. The van der Waals surface area contributed by atoms with E-state index in [1.54, 1.807) is 6.07 Å². The number of halogens is 1. The number of carbonyl (C=O) groups is 1. The van der Waals surface area contributed by atoms with E-state index in [1.165, 1.54) is 16.4 Å². The van der Waals surface area contributed by atoms with Crippen LogP contribution >= 0.6 is 12.8 Å². The molecule has 0 unspecified atom stereocenters. The Morgan fingerprint density at radius 2 is 2.25 bits per heavy atom. The van der Waals surface area contributed by atoms with Gasteiger partial charge in [-0.15, -0.1) is 0 Å². The smallest absolute Gasteiger partial charge is 0.264 e. The first kappa shape index (κ1) is 7.61. The SMILES string of the molecule is O=C1c2cc(F)ccc2CN1S. The Balaban J connectivity index is 2.56. The minimum Gasteiger partial charge on any atom is -0.281 e. The predicted molar refractivity (Wildman–Crippen MR) is 45.3 cm³/mol. The van der Waals surface area contributed by atoms with Crippen molar-refractivity contribution in [3.63, 3.8) is 0 Å². The van der Waals surface area contributed by atoms with Crippen LogP contribution < -0.4 is 0 Å². The van der Waals surface area contributed by atoms with Crippen LogP contribution in [0.3, 0.4) is 0 Å². The Morgan fingerprint density at radius 3 is 3.00 bits per heavy atom. The molecule has 0 fully saturated rings. The summed E-state index contributed by atoms with van der Waals surface area (Å²) in [7, 11) is 0. The van der Waals surface area contributed by atoms with Crippen LogP contribution in [0.15, 0.2) is 18.2 Å². The summed E-state index contributed by atoms with van der Waals surface area (Å²) >= 11 is 3.93. The van der Waals surface area contributed by atoms with Crippen molar-refractivity contribution in [3.8, 4) is 0 Å². The monoisotopic (exact) mass is 183 g/mol. The number of nitrogens with zero attached hydrogens (tertiary/aromatic N) is 1. The standard InChI is InChI=1S/C8H6FNOS/c9-6-2-1-5-4-10(12)8(11)7(5)3-6/h1-3,12H,4H2. The average Bonchev–Trinajstić information content (AvgIpc) is 2.31. The third kappa shape index (κ3) is 0.992. The maximum atomic E-state index is 12.7. The minimum absolute atomic E-state index is 0.229. The summed E-state index contributed by atoms with van der Waals surface area (Å²) in [5.74, 6) is -0.612. The highest BCUT2D eigenvalue weighted by molar-refractivity contribution is 7.78. The van der Waals surface area contributed by atoms with E-state index in [0.717, 1.165) is 5.56 Å². The van der Waals surface area contributed by atoms with Crippen molar-refractivity contribution in [2.24, 2.45) is 0 Å².